The molecule has 0 unspecified atom stereocenters. The molecule has 0 bridgehead atoms. The molecule has 0 aromatic carbocycles. The summed E-state index contributed by atoms with van der Waals surface area (Å²) < 4.78 is 66.1. The van der Waals surface area contributed by atoms with Crippen LogP contribution in [0.5, 0.6) is 0 Å². The van der Waals surface area contributed by atoms with Gasteiger partial charge in [-0.3, -0.25) is 4.68 Å². The number of nitrogens with zero attached hydrogens (tertiary/aromatic N) is 4. The summed E-state index contributed by atoms with van der Waals surface area (Å²) in [7, 11) is 0. The van der Waals surface area contributed by atoms with Gasteiger partial charge in [0.25, 0.3) is 5.92 Å². The van der Waals surface area contributed by atoms with Crippen molar-refractivity contribution in [1.29, 1.82) is 0 Å². The Bertz CT molecular complexity index is 834. The molecule has 11 heteroatoms. The van der Waals surface area contributed by atoms with Crippen molar-refractivity contribution in [2.75, 3.05) is 18.0 Å². The topological polar surface area (TPSA) is 71.2 Å². The third-order valence-electron chi connectivity index (χ3n) is 3.91. The van der Waals surface area contributed by atoms with Crippen molar-refractivity contribution >= 4 is 11.8 Å². The van der Waals surface area contributed by atoms with Crippen molar-refractivity contribution in [3.8, 4) is 0 Å². The second kappa shape index (κ2) is 6.22. The van der Waals surface area contributed by atoms with Crippen LogP contribution in [-0.2, 0) is 12.7 Å². The smallest absolute Gasteiger partial charge is 0.436 e. The van der Waals surface area contributed by atoms with Crippen molar-refractivity contribution in [2.45, 2.75) is 25.1 Å². The maximum Gasteiger partial charge on any atom is 0.436 e. The zero-order valence-electron chi connectivity index (χ0n) is 13.2. The summed E-state index contributed by atoms with van der Waals surface area (Å²) >= 11 is 0. The Morgan fingerprint density at radius 2 is 2.08 bits per heavy atom. The SMILES string of the molecule is O=C(O)c1cn(Cc2ccnc(N3CCC(F)(F)C3)c2)nc1C(F)(F)F. The molecule has 0 spiro atoms. The molecule has 2 aromatic rings. The van der Waals surface area contributed by atoms with Gasteiger partial charge in [0.1, 0.15) is 11.4 Å². The van der Waals surface area contributed by atoms with Crippen LogP contribution < -0.4 is 4.90 Å². The van der Waals surface area contributed by atoms with Gasteiger partial charge in [0.2, 0.25) is 0 Å². The molecule has 0 amide bonds. The van der Waals surface area contributed by atoms with Crippen LogP contribution in [0.15, 0.2) is 24.5 Å². The molecule has 26 heavy (non-hydrogen) atoms. The number of carbonyl (C=O) groups is 1. The molecular formula is C15H13F5N4O2. The molecule has 6 nitrogen and oxygen atoms in total. The van der Waals surface area contributed by atoms with Crippen LogP contribution in [0.2, 0.25) is 0 Å². The van der Waals surface area contributed by atoms with Crippen LogP contribution in [0, 0.1) is 0 Å². The predicted octanol–water partition coefficient (Wildman–Crippen LogP) is 2.89. The minimum absolute atomic E-state index is 0.118. The van der Waals surface area contributed by atoms with Crippen molar-refractivity contribution in [3.05, 3.63) is 41.3 Å². The maximum absolute atomic E-state index is 13.3. The fourth-order valence-corrected chi connectivity index (χ4v) is 2.72. The molecule has 140 valence electrons. The van der Waals surface area contributed by atoms with Gasteiger partial charge in [-0.15, -0.1) is 0 Å². The normalized spacial score (nSPS) is 16.9. The fraction of sp³-hybridized carbons (Fsp3) is 0.400. The summed E-state index contributed by atoms with van der Waals surface area (Å²) in [5.41, 5.74) is -1.98. The zero-order chi connectivity index (χ0) is 19.1. The number of hydrogen-bond acceptors (Lipinski definition) is 4. The van der Waals surface area contributed by atoms with Gasteiger partial charge >= 0.3 is 12.1 Å². The number of pyridine rings is 1. The summed E-state index contributed by atoms with van der Waals surface area (Å²) in [6, 6.07) is 2.96. The minimum atomic E-state index is -4.90. The predicted molar refractivity (Wildman–Crippen MR) is 79.3 cm³/mol. The third-order valence-corrected chi connectivity index (χ3v) is 3.91. The Balaban J connectivity index is 1.84. The summed E-state index contributed by atoms with van der Waals surface area (Å²) in [4.78, 5) is 16.4. The van der Waals surface area contributed by atoms with Crippen LogP contribution in [0.3, 0.4) is 0 Å². The molecule has 1 saturated heterocycles. The van der Waals surface area contributed by atoms with Crippen LogP contribution >= 0.6 is 0 Å². The Kier molecular flexibility index (Phi) is 4.32. The lowest BCUT2D eigenvalue weighted by atomic mass is 10.2. The maximum atomic E-state index is 13.3. The number of aromatic nitrogens is 3. The Labute approximate surface area is 143 Å². The van der Waals surface area contributed by atoms with E-state index in [-0.39, 0.29) is 25.3 Å². The monoisotopic (exact) mass is 376 g/mol. The van der Waals surface area contributed by atoms with Crippen LogP contribution in [0.25, 0.3) is 0 Å². The lowest BCUT2D eigenvalue weighted by molar-refractivity contribution is -0.142. The van der Waals surface area contributed by atoms with Gasteiger partial charge in [0.05, 0.1) is 13.1 Å². The van der Waals surface area contributed by atoms with Gasteiger partial charge < -0.3 is 10.0 Å². The average Bonchev–Trinajstić information content (AvgIpc) is 3.11. The second-order valence-electron chi connectivity index (χ2n) is 5.94. The van der Waals surface area contributed by atoms with Crippen LogP contribution in [-0.4, -0.2) is 44.9 Å². The van der Waals surface area contributed by atoms with Gasteiger partial charge in [-0.1, -0.05) is 0 Å². The van der Waals surface area contributed by atoms with Crippen molar-refractivity contribution in [3.63, 3.8) is 0 Å². The first-order valence-corrected chi connectivity index (χ1v) is 7.51. The number of aromatic carboxylic acids is 1. The highest BCUT2D eigenvalue weighted by Gasteiger charge is 2.40. The molecule has 3 rings (SSSR count). The standard InChI is InChI=1S/C15H13F5N4O2/c16-14(17)2-4-23(8-14)11-5-9(1-3-21-11)6-24-7-10(13(25)26)12(22-24)15(18,19)20/h1,3,5,7H,2,4,6,8H2,(H,25,26). The second-order valence-corrected chi connectivity index (χ2v) is 5.94. The van der Waals surface area contributed by atoms with Crippen molar-refractivity contribution in [2.24, 2.45) is 0 Å². The highest BCUT2D eigenvalue weighted by Crippen LogP contribution is 2.32. The van der Waals surface area contributed by atoms with Crippen LogP contribution in [0.1, 0.15) is 28.0 Å². The van der Waals surface area contributed by atoms with Gasteiger partial charge in [-0.05, 0) is 17.7 Å². The Morgan fingerprint density at radius 1 is 1.35 bits per heavy atom. The molecule has 0 atom stereocenters. The summed E-state index contributed by atoms with van der Waals surface area (Å²) in [5, 5.41) is 12.2. The van der Waals surface area contributed by atoms with E-state index in [0.29, 0.717) is 5.56 Å². The van der Waals surface area contributed by atoms with E-state index in [1.807, 2.05) is 0 Å². The first-order valence-electron chi connectivity index (χ1n) is 7.51. The first-order chi connectivity index (χ1) is 12.0. The van der Waals surface area contributed by atoms with E-state index in [9.17, 15) is 26.7 Å². The molecular weight excluding hydrogens is 363 g/mol. The Morgan fingerprint density at radius 3 is 2.62 bits per heavy atom. The molecule has 0 saturated carbocycles. The zero-order valence-corrected chi connectivity index (χ0v) is 13.2. The van der Waals surface area contributed by atoms with E-state index in [2.05, 4.69) is 10.1 Å². The molecule has 3 heterocycles. The van der Waals surface area contributed by atoms with Crippen molar-refractivity contribution in [1.82, 2.24) is 14.8 Å². The van der Waals surface area contributed by atoms with E-state index in [1.165, 1.54) is 23.2 Å². The van der Waals surface area contributed by atoms with Gasteiger partial charge in [-0.25, -0.2) is 18.6 Å². The van der Waals surface area contributed by atoms with Gasteiger partial charge in [0.15, 0.2) is 5.69 Å². The molecule has 1 N–H and O–H groups in total. The number of rotatable bonds is 4. The van der Waals surface area contributed by atoms with E-state index in [4.69, 9.17) is 5.11 Å². The fourth-order valence-electron chi connectivity index (χ4n) is 2.72. The quantitative estimate of drug-likeness (QED) is 0.831. The molecule has 1 aliphatic rings. The average molecular weight is 376 g/mol. The summed E-state index contributed by atoms with van der Waals surface area (Å²) in [6.45, 7) is -0.519. The third kappa shape index (κ3) is 3.75. The van der Waals surface area contributed by atoms with Crippen LogP contribution in [0.4, 0.5) is 27.8 Å². The number of anilines is 1. The lowest BCUT2D eigenvalue weighted by Gasteiger charge is -2.17. The van der Waals surface area contributed by atoms with E-state index in [0.717, 1.165) is 10.9 Å². The number of hydrogen-bond donors (Lipinski definition) is 1. The molecule has 0 aliphatic carbocycles. The number of carboxylic acid groups (broad SMARTS) is 1. The molecule has 1 aliphatic heterocycles. The van der Waals surface area contributed by atoms with E-state index < -0.39 is 35.9 Å². The molecule has 2 aromatic heterocycles. The van der Waals surface area contributed by atoms with Crippen molar-refractivity contribution < 1.29 is 31.9 Å². The Hall–Kier alpha value is -2.72. The largest absolute Gasteiger partial charge is 0.478 e. The molecule has 1 fully saturated rings. The van der Waals surface area contributed by atoms with Gasteiger partial charge in [0, 0.05) is 25.4 Å². The number of carboxylic acids is 1. The number of halogens is 5. The number of alkyl halides is 5. The van der Waals surface area contributed by atoms with E-state index in [1.54, 1.807) is 0 Å². The summed E-state index contributed by atoms with van der Waals surface area (Å²) in [5.74, 6) is -4.27. The van der Waals surface area contributed by atoms with Gasteiger partial charge in [-0.2, -0.15) is 18.3 Å². The summed E-state index contributed by atoms with van der Waals surface area (Å²) in [6.07, 6.45) is -3.05. The minimum Gasteiger partial charge on any atom is -0.478 e. The highest BCUT2D eigenvalue weighted by molar-refractivity contribution is 5.88. The highest BCUT2D eigenvalue weighted by atomic mass is 19.4. The molecule has 0 radical (unpaired) electrons. The first kappa shape index (κ1) is 18.1. The van der Waals surface area contributed by atoms with E-state index >= 15 is 0 Å². The lowest BCUT2D eigenvalue weighted by Crippen LogP contribution is -2.25.